The zero-order valence-electron chi connectivity index (χ0n) is 16.0. The number of unbranched alkanes of at least 4 members (excludes halogenated alkanes) is 5. The van der Waals surface area contributed by atoms with Crippen molar-refractivity contribution in [1.29, 1.82) is 0 Å². The molecule has 0 aliphatic carbocycles. The summed E-state index contributed by atoms with van der Waals surface area (Å²) in [6.45, 7) is 0. The Kier molecular flexibility index (Phi) is 17.2. The van der Waals surface area contributed by atoms with Gasteiger partial charge in [0, 0.05) is 22.6 Å². The van der Waals surface area contributed by atoms with Gasteiger partial charge in [0.05, 0.1) is 0 Å². The molecule has 0 spiro atoms. The Bertz CT molecular complexity index is 576. The van der Waals surface area contributed by atoms with Crippen molar-refractivity contribution in [2.75, 3.05) is 0 Å². The van der Waals surface area contributed by atoms with Crippen molar-refractivity contribution >= 4 is 37.2 Å². The third-order valence-corrected chi connectivity index (χ3v) is 4.14. The molecule has 2 aromatic rings. The Hall–Kier alpha value is -1.92. The minimum Gasteiger partial charge on any atom is -0.481 e. The van der Waals surface area contributed by atoms with Crippen LogP contribution in [0.15, 0.2) is 70.5 Å². The van der Waals surface area contributed by atoms with Gasteiger partial charge in [0.2, 0.25) is 0 Å². The van der Waals surface area contributed by atoms with Gasteiger partial charge in [0.1, 0.15) is 0 Å². The lowest BCUT2D eigenvalue weighted by Gasteiger charge is -1.98. The van der Waals surface area contributed by atoms with Crippen molar-refractivity contribution in [3.63, 3.8) is 0 Å². The molecule has 0 amide bonds. The van der Waals surface area contributed by atoms with E-state index in [1.165, 1.54) is 0 Å². The normalized spacial score (nSPS) is 9.36. The number of carbonyl (C=O) groups is 2. The fourth-order valence-corrected chi connectivity index (χ4v) is 2.46. The maximum Gasteiger partial charge on any atom is 0.303 e. The molecular formula is C22H30O4S2. The van der Waals surface area contributed by atoms with E-state index in [1.807, 2.05) is 60.7 Å². The van der Waals surface area contributed by atoms with Gasteiger partial charge >= 0.3 is 11.9 Å². The van der Waals surface area contributed by atoms with E-state index in [2.05, 4.69) is 25.3 Å². The molecule has 154 valence electrons. The second-order valence-corrected chi connectivity index (χ2v) is 7.11. The number of carboxylic acid groups (broad SMARTS) is 2. The summed E-state index contributed by atoms with van der Waals surface area (Å²) in [5.74, 6) is -1.48. The SMILES string of the molecule is O=C(O)CCCCCCCCC(=O)O.Sc1ccccc1.Sc1ccccc1. The lowest BCUT2D eigenvalue weighted by Crippen LogP contribution is -1.94. The second kappa shape index (κ2) is 18.4. The van der Waals surface area contributed by atoms with Crippen LogP contribution in [0.2, 0.25) is 0 Å². The first kappa shape index (κ1) is 26.1. The van der Waals surface area contributed by atoms with Crippen LogP contribution in [0.25, 0.3) is 0 Å². The molecule has 0 aromatic heterocycles. The van der Waals surface area contributed by atoms with Crippen molar-refractivity contribution in [3.8, 4) is 0 Å². The van der Waals surface area contributed by atoms with Crippen LogP contribution in [0.3, 0.4) is 0 Å². The Morgan fingerprint density at radius 3 is 1.07 bits per heavy atom. The molecule has 0 aliphatic heterocycles. The molecule has 28 heavy (non-hydrogen) atoms. The maximum atomic E-state index is 10.1. The van der Waals surface area contributed by atoms with E-state index < -0.39 is 11.9 Å². The van der Waals surface area contributed by atoms with Gasteiger partial charge in [-0.3, -0.25) is 9.59 Å². The number of hydrogen-bond donors (Lipinski definition) is 4. The largest absolute Gasteiger partial charge is 0.481 e. The zero-order chi connectivity index (χ0) is 21.0. The molecule has 4 nitrogen and oxygen atoms in total. The summed E-state index contributed by atoms with van der Waals surface area (Å²) in [6, 6.07) is 19.6. The fourth-order valence-electron chi connectivity index (χ4n) is 2.12. The van der Waals surface area contributed by atoms with Crippen LogP contribution in [0.4, 0.5) is 0 Å². The lowest BCUT2D eigenvalue weighted by atomic mass is 10.1. The van der Waals surface area contributed by atoms with Gasteiger partial charge in [0.25, 0.3) is 0 Å². The van der Waals surface area contributed by atoms with Crippen LogP contribution in [-0.2, 0) is 9.59 Å². The average molecular weight is 423 g/mol. The Morgan fingerprint density at radius 1 is 0.571 bits per heavy atom. The molecular weight excluding hydrogens is 392 g/mol. The molecule has 0 fully saturated rings. The van der Waals surface area contributed by atoms with Gasteiger partial charge in [-0.25, -0.2) is 0 Å². The van der Waals surface area contributed by atoms with Gasteiger partial charge in [-0.05, 0) is 37.1 Å². The van der Waals surface area contributed by atoms with E-state index >= 15 is 0 Å². The number of rotatable bonds is 9. The highest BCUT2D eigenvalue weighted by atomic mass is 32.1. The topological polar surface area (TPSA) is 74.6 Å². The molecule has 0 radical (unpaired) electrons. The number of carboxylic acids is 2. The van der Waals surface area contributed by atoms with E-state index in [0.717, 1.165) is 48.3 Å². The van der Waals surface area contributed by atoms with Crippen LogP contribution in [0.5, 0.6) is 0 Å². The van der Waals surface area contributed by atoms with E-state index in [4.69, 9.17) is 10.2 Å². The van der Waals surface area contributed by atoms with E-state index in [1.54, 1.807) is 0 Å². The molecule has 0 saturated carbocycles. The smallest absolute Gasteiger partial charge is 0.303 e. The van der Waals surface area contributed by atoms with Gasteiger partial charge < -0.3 is 10.2 Å². The third-order valence-electron chi connectivity index (χ3n) is 3.54. The van der Waals surface area contributed by atoms with E-state index in [0.29, 0.717) is 0 Å². The highest BCUT2D eigenvalue weighted by Gasteiger charge is 1.98. The van der Waals surface area contributed by atoms with E-state index in [9.17, 15) is 9.59 Å². The lowest BCUT2D eigenvalue weighted by molar-refractivity contribution is -0.138. The van der Waals surface area contributed by atoms with Crippen LogP contribution < -0.4 is 0 Å². The van der Waals surface area contributed by atoms with Crippen LogP contribution in [-0.4, -0.2) is 22.2 Å². The molecule has 0 unspecified atom stereocenters. The Labute approximate surface area is 178 Å². The van der Waals surface area contributed by atoms with Crippen LogP contribution in [0, 0.1) is 0 Å². The monoisotopic (exact) mass is 422 g/mol. The molecule has 6 heteroatoms. The first-order chi connectivity index (χ1) is 13.4. The molecule has 2 rings (SSSR count). The van der Waals surface area contributed by atoms with Crippen molar-refractivity contribution in [3.05, 3.63) is 60.7 Å². The third kappa shape index (κ3) is 20.4. The summed E-state index contributed by atoms with van der Waals surface area (Å²) in [4.78, 5) is 22.3. The standard InChI is InChI=1S/C10H18O4.2C6H6S/c11-9(12)7-5-3-1-2-4-6-8-10(13)14;2*7-6-4-2-1-3-5-6/h1-8H2,(H,11,12)(H,13,14);2*1-5,7H. The minimum absolute atomic E-state index is 0.245. The summed E-state index contributed by atoms with van der Waals surface area (Å²) in [6.07, 6.45) is 5.82. The van der Waals surface area contributed by atoms with Gasteiger partial charge in [-0.15, -0.1) is 25.3 Å². The summed E-state index contributed by atoms with van der Waals surface area (Å²) < 4.78 is 0. The summed E-state index contributed by atoms with van der Waals surface area (Å²) in [5.41, 5.74) is 0. The van der Waals surface area contributed by atoms with Crippen molar-refractivity contribution < 1.29 is 19.8 Å². The quantitative estimate of drug-likeness (QED) is 0.286. The van der Waals surface area contributed by atoms with Crippen molar-refractivity contribution in [2.24, 2.45) is 0 Å². The molecule has 2 aromatic carbocycles. The molecule has 0 heterocycles. The molecule has 0 aliphatic rings. The number of hydrogen-bond acceptors (Lipinski definition) is 4. The van der Waals surface area contributed by atoms with Crippen LogP contribution >= 0.6 is 25.3 Å². The number of aliphatic carboxylic acids is 2. The molecule has 0 bridgehead atoms. The first-order valence-electron chi connectivity index (χ1n) is 9.33. The highest BCUT2D eigenvalue weighted by molar-refractivity contribution is 7.80. The second-order valence-electron chi connectivity index (χ2n) is 6.08. The molecule has 0 atom stereocenters. The molecule has 0 saturated heterocycles. The van der Waals surface area contributed by atoms with Gasteiger partial charge in [-0.2, -0.15) is 0 Å². The van der Waals surface area contributed by atoms with Gasteiger partial charge in [0.15, 0.2) is 0 Å². The molecule has 2 N–H and O–H groups in total. The highest BCUT2D eigenvalue weighted by Crippen LogP contribution is 2.08. The summed E-state index contributed by atoms with van der Waals surface area (Å²) in [7, 11) is 0. The fraction of sp³-hybridized carbons (Fsp3) is 0.364. The van der Waals surface area contributed by atoms with Crippen molar-refractivity contribution in [1.82, 2.24) is 0 Å². The Morgan fingerprint density at radius 2 is 0.857 bits per heavy atom. The Balaban J connectivity index is 0.000000431. The predicted octanol–water partition coefficient (Wildman–Crippen LogP) is 6.23. The van der Waals surface area contributed by atoms with Gasteiger partial charge in [-0.1, -0.05) is 62.1 Å². The number of benzene rings is 2. The predicted molar refractivity (Wildman–Crippen MR) is 120 cm³/mol. The van der Waals surface area contributed by atoms with Crippen LogP contribution in [0.1, 0.15) is 51.4 Å². The maximum absolute atomic E-state index is 10.1. The summed E-state index contributed by atoms with van der Waals surface area (Å²) >= 11 is 8.17. The zero-order valence-corrected chi connectivity index (χ0v) is 17.8. The van der Waals surface area contributed by atoms with E-state index in [-0.39, 0.29) is 12.8 Å². The average Bonchev–Trinajstić information content (AvgIpc) is 2.66. The summed E-state index contributed by atoms with van der Waals surface area (Å²) in [5, 5.41) is 16.7. The minimum atomic E-state index is -0.740. The number of thiol groups is 2. The first-order valence-corrected chi connectivity index (χ1v) is 10.2. The van der Waals surface area contributed by atoms with Crippen molar-refractivity contribution in [2.45, 2.75) is 61.2 Å².